The molecule has 0 amide bonds. The molecule has 0 aromatic rings. The van der Waals surface area contributed by atoms with E-state index >= 15 is 0 Å². The largest absolute Gasteiger partial charge is 0.372 e. The van der Waals surface area contributed by atoms with Gasteiger partial charge in [-0.1, -0.05) is 12.8 Å². The molecule has 0 aromatic heterocycles. The molecular weight excluding hydrogens is 174 g/mol. The number of ketones is 1. The Bertz CT molecular complexity index is 257. The molecule has 1 aliphatic carbocycles. The zero-order valence-corrected chi connectivity index (χ0v) is 8.96. The van der Waals surface area contributed by atoms with Crippen molar-refractivity contribution in [3.05, 3.63) is 11.8 Å². The maximum Gasteiger partial charge on any atom is 0.157 e. The van der Waals surface area contributed by atoms with Crippen LogP contribution in [0.15, 0.2) is 11.8 Å². The number of hydrogen-bond acceptors (Lipinski definition) is 2. The van der Waals surface area contributed by atoms with Crippen LogP contribution in [0.2, 0.25) is 0 Å². The lowest BCUT2D eigenvalue weighted by molar-refractivity contribution is -0.114. The van der Waals surface area contributed by atoms with Crippen LogP contribution < -0.4 is 0 Å². The van der Waals surface area contributed by atoms with Gasteiger partial charge in [0, 0.05) is 30.8 Å². The number of rotatable bonds is 1. The van der Waals surface area contributed by atoms with E-state index in [1.165, 1.54) is 31.4 Å². The summed E-state index contributed by atoms with van der Waals surface area (Å²) in [5, 5.41) is 0. The van der Waals surface area contributed by atoms with Gasteiger partial charge in [-0.2, -0.15) is 0 Å². The molecule has 1 unspecified atom stereocenters. The molecule has 0 N–H and O–H groups in total. The van der Waals surface area contributed by atoms with Crippen LogP contribution in [-0.2, 0) is 4.79 Å². The van der Waals surface area contributed by atoms with Gasteiger partial charge in [0.1, 0.15) is 0 Å². The lowest BCUT2D eigenvalue weighted by Gasteiger charge is -2.30. The predicted octanol–water partition coefficient (Wildman–Crippen LogP) is 2.50. The number of allylic oxidation sites excluding steroid dienone is 2. The van der Waals surface area contributed by atoms with Gasteiger partial charge in [0.2, 0.25) is 0 Å². The van der Waals surface area contributed by atoms with Gasteiger partial charge in [-0.25, -0.2) is 0 Å². The summed E-state index contributed by atoms with van der Waals surface area (Å²) in [6, 6.07) is 0.634. The topological polar surface area (TPSA) is 20.3 Å². The van der Waals surface area contributed by atoms with E-state index < -0.39 is 0 Å². The van der Waals surface area contributed by atoms with Crippen molar-refractivity contribution >= 4 is 5.78 Å². The van der Waals surface area contributed by atoms with E-state index in [0.29, 0.717) is 11.8 Å². The van der Waals surface area contributed by atoms with Crippen molar-refractivity contribution in [2.45, 2.75) is 51.5 Å². The van der Waals surface area contributed by atoms with Crippen LogP contribution in [0, 0.1) is 0 Å². The molecule has 1 fully saturated rings. The first-order valence-electron chi connectivity index (χ1n) is 5.77. The lowest BCUT2D eigenvalue weighted by Crippen LogP contribution is -2.31. The number of carbonyl (C=O) groups excluding carboxylic acids is 1. The van der Waals surface area contributed by atoms with Crippen LogP contribution in [0.4, 0.5) is 0 Å². The highest BCUT2D eigenvalue weighted by Crippen LogP contribution is 2.26. The Hall–Kier alpha value is -0.790. The van der Waals surface area contributed by atoms with Crippen molar-refractivity contribution in [1.82, 2.24) is 4.90 Å². The van der Waals surface area contributed by atoms with Gasteiger partial charge in [-0.15, -0.1) is 0 Å². The maximum atomic E-state index is 11.2. The minimum Gasteiger partial charge on any atom is -0.372 e. The molecule has 1 saturated heterocycles. The summed E-state index contributed by atoms with van der Waals surface area (Å²) in [6.07, 6.45) is 8.84. The molecule has 0 saturated carbocycles. The van der Waals surface area contributed by atoms with Gasteiger partial charge in [0.15, 0.2) is 5.78 Å². The predicted molar refractivity (Wildman–Crippen MR) is 57.0 cm³/mol. The molecular formula is C12H19NO. The standard InChI is InChI=1S/C12H19NO/c1-10-5-3-2-4-8-13(10)11-6-7-12(14)9-11/h9-10H,2-8H2,1H3. The van der Waals surface area contributed by atoms with E-state index in [1.807, 2.05) is 6.08 Å². The molecule has 0 radical (unpaired) electrons. The summed E-state index contributed by atoms with van der Waals surface area (Å²) in [5.74, 6) is 0.316. The highest BCUT2D eigenvalue weighted by Gasteiger charge is 2.22. The Balaban J connectivity index is 2.07. The van der Waals surface area contributed by atoms with Crippen LogP contribution in [0.3, 0.4) is 0 Å². The summed E-state index contributed by atoms with van der Waals surface area (Å²) in [7, 11) is 0. The summed E-state index contributed by atoms with van der Waals surface area (Å²) in [5.41, 5.74) is 1.30. The van der Waals surface area contributed by atoms with E-state index in [9.17, 15) is 4.79 Å². The number of nitrogens with zero attached hydrogens (tertiary/aromatic N) is 1. The molecule has 14 heavy (non-hydrogen) atoms. The van der Waals surface area contributed by atoms with Crippen molar-refractivity contribution < 1.29 is 4.79 Å². The molecule has 1 heterocycles. The molecule has 1 aliphatic heterocycles. The molecule has 0 aromatic carbocycles. The fraction of sp³-hybridized carbons (Fsp3) is 0.750. The van der Waals surface area contributed by atoms with E-state index in [0.717, 1.165) is 19.4 Å². The maximum absolute atomic E-state index is 11.2. The normalized spacial score (nSPS) is 28.9. The minimum atomic E-state index is 0.316. The highest BCUT2D eigenvalue weighted by atomic mass is 16.1. The molecule has 1 atom stereocenters. The first-order valence-corrected chi connectivity index (χ1v) is 5.77. The molecule has 2 heteroatoms. The molecule has 2 nitrogen and oxygen atoms in total. The van der Waals surface area contributed by atoms with E-state index in [4.69, 9.17) is 0 Å². The van der Waals surface area contributed by atoms with Gasteiger partial charge < -0.3 is 4.90 Å². The molecule has 0 bridgehead atoms. The second kappa shape index (κ2) is 4.16. The van der Waals surface area contributed by atoms with Crippen LogP contribution in [-0.4, -0.2) is 23.3 Å². The van der Waals surface area contributed by atoms with Gasteiger partial charge in [0.05, 0.1) is 0 Å². The van der Waals surface area contributed by atoms with Gasteiger partial charge in [0.25, 0.3) is 0 Å². The molecule has 78 valence electrons. The third-order valence-electron chi connectivity index (χ3n) is 3.38. The van der Waals surface area contributed by atoms with Crippen molar-refractivity contribution in [2.24, 2.45) is 0 Å². The first kappa shape index (κ1) is 9.75. The van der Waals surface area contributed by atoms with E-state index in [1.54, 1.807) is 0 Å². The van der Waals surface area contributed by atoms with Crippen molar-refractivity contribution in [1.29, 1.82) is 0 Å². The molecule has 0 spiro atoms. The Kier molecular flexibility index (Phi) is 2.90. The van der Waals surface area contributed by atoms with Crippen LogP contribution in [0.5, 0.6) is 0 Å². The van der Waals surface area contributed by atoms with Crippen molar-refractivity contribution in [2.75, 3.05) is 6.54 Å². The van der Waals surface area contributed by atoms with Crippen molar-refractivity contribution in [3.63, 3.8) is 0 Å². The molecule has 2 aliphatic rings. The fourth-order valence-electron chi connectivity index (χ4n) is 2.51. The number of likely N-dealkylation sites (tertiary alicyclic amines) is 1. The monoisotopic (exact) mass is 193 g/mol. The number of carbonyl (C=O) groups is 1. The van der Waals surface area contributed by atoms with Crippen molar-refractivity contribution in [3.8, 4) is 0 Å². The quantitative estimate of drug-likeness (QED) is 0.637. The average molecular weight is 193 g/mol. The second-order valence-corrected chi connectivity index (χ2v) is 4.49. The lowest BCUT2D eigenvalue weighted by atomic mass is 10.1. The Morgan fingerprint density at radius 2 is 2.14 bits per heavy atom. The third-order valence-corrected chi connectivity index (χ3v) is 3.38. The van der Waals surface area contributed by atoms with E-state index in [-0.39, 0.29) is 0 Å². The Labute approximate surface area is 86.0 Å². The number of hydrogen-bond donors (Lipinski definition) is 0. The summed E-state index contributed by atoms with van der Waals surface area (Å²) >= 11 is 0. The fourth-order valence-corrected chi connectivity index (χ4v) is 2.51. The van der Waals surface area contributed by atoms with Gasteiger partial charge >= 0.3 is 0 Å². The molecule has 2 rings (SSSR count). The van der Waals surface area contributed by atoms with Crippen LogP contribution in [0.1, 0.15) is 45.4 Å². The van der Waals surface area contributed by atoms with Gasteiger partial charge in [-0.05, 0) is 26.2 Å². The summed E-state index contributed by atoms with van der Waals surface area (Å²) in [6.45, 7) is 3.44. The zero-order valence-electron chi connectivity index (χ0n) is 8.96. The SMILES string of the molecule is CC1CCCCCN1C1=CC(=O)CC1. The summed E-state index contributed by atoms with van der Waals surface area (Å²) < 4.78 is 0. The zero-order chi connectivity index (χ0) is 9.97. The van der Waals surface area contributed by atoms with Crippen LogP contribution in [0.25, 0.3) is 0 Å². The highest BCUT2D eigenvalue weighted by molar-refractivity contribution is 5.92. The Morgan fingerprint density at radius 3 is 2.86 bits per heavy atom. The smallest absolute Gasteiger partial charge is 0.157 e. The third kappa shape index (κ3) is 1.99. The first-order chi connectivity index (χ1) is 6.77. The second-order valence-electron chi connectivity index (χ2n) is 4.49. The average Bonchev–Trinajstić information content (AvgIpc) is 2.46. The minimum absolute atomic E-state index is 0.316. The summed E-state index contributed by atoms with van der Waals surface area (Å²) in [4.78, 5) is 13.6. The Morgan fingerprint density at radius 1 is 1.29 bits per heavy atom. The van der Waals surface area contributed by atoms with Gasteiger partial charge in [-0.3, -0.25) is 4.79 Å². The van der Waals surface area contributed by atoms with Crippen LogP contribution >= 0.6 is 0 Å². The van der Waals surface area contributed by atoms with E-state index in [2.05, 4.69) is 11.8 Å².